The number of hydrogen-bond donors (Lipinski definition) is 2. The summed E-state index contributed by atoms with van der Waals surface area (Å²) in [7, 11) is 0. The number of benzene rings is 1. The SMILES string of the molecule is N#CC1=CCC(N(CCO)C(=O)c2ccn3ncc(-c4ccc(C(N)=O)cc4)c3c2)C=C1. The highest BCUT2D eigenvalue weighted by Gasteiger charge is 2.24. The maximum Gasteiger partial charge on any atom is 0.254 e. The Hall–Kier alpha value is -4.22. The molecule has 1 unspecified atom stereocenters. The van der Waals surface area contributed by atoms with Crippen LogP contribution in [0.15, 0.2) is 72.6 Å². The van der Waals surface area contributed by atoms with Crippen molar-refractivity contribution in [3.8, 4) is 17.2 Å². The average molecular weight is 427 g/mol. The van der Waals surface area contributed by atoms with Gasteiger partial charge in [0.25, 0.3) is 5.91 Å². The van der Waals surface area contributed by atoms with E-state index in [2.05, 4.69) is 11.2 Å². The zero-order valence-electron chi connectivity index (χ0n) is 17.2. The summed E-state index contributed by atoms with van der Waals surface area (Å²) in [5, 5.41) is 22.9. The molecule has 1 aliphatic carbocycles. The van der Waals surface area contributed by atoms with Gasteiger partial charge in [-0.3, -0.25) is 9.59 Å². The summed E-state index contributed by atoms with van der Waals surface area (Å²) in [6, 6.07) is 12.2. The number of pyridine rings is 1. The summed E-state index contributed by atoms with van der Waals surface area (Å²) in [6.07, 6.45) is 9.22. The smallest absolute Gasteiger partial charge is 0.254 e. The number of fused-ring (bicyclic) bond motifs is 1. The molecule has 32 heavy (non-hydrogen) atoms. The van der Waals surface area contributed by atoms with Crippen molar-refractivity contribution >= 4 is 17.3 Å². The van der Waals surface area contributed by atoms with E-state index in [0.29, 0.717) is 23.1 Å². The van der Waals surface area contributed by atoms with Crippen LogP contribution in [0.4, 0.5) is 0 Å². The number of rotatable bonds is 6. The Balaban J connectivity index is 1.66. The number of allylic oxidation sites excluding steroid dienone is 2. The molecule has 0 spiro atoms. The first-order valence-electron chi connectivity index (χ1n) is 10.1. The van der Waals surface area contributed by atoms with E-state index in [-0.39, 0.29) is 25.1 Å². The number of carbonyl (C=O) groups excluding carboxylic acids is 2. The third-order valence-corrected chi connectivity index (χ3v) is 5.46. The molecule has 0 aliphatic heterocycles. The van der Waals surface area contributed by atoms with Crippen molar-refractivity contribution in [1.29, 1.82) is 5.26 Å². The summed E-state index contributed by atoms with van der Waals surface area (Å²) in [5.41, 5.74) is 9.13. The van der Waals surface area contributed by atoms with Crippen LogP contribution in [-0.2, 0) is 0 Å². The Bertz CT molecular complexity index is 1280. The van der Waals surface area contributed by atoms with E-state index in [1.165, 1.54) is 0 Å². The fourth-order valence-electron chi connectivity index (χ4n) is 3.76. The lowest BCUT2D eigenvalue weighted by atomic mass is 10.0. The summed E-state index contributed by atoms with van der Waals surface area (Å²) in [6.45, 7) is 0.00668. The fraction of sp³-hybridized carbons (Fsp3) is 0.167. The molecule has 0 fully saturated rings. The number of amides is 2. The molecule has 0 radical (unpaired) electrons. The number of nitrogens with two attached hydrogens (primary N) is 1. The van der Waals surface area contributed by atoms with Gasteiger partial charge in [0, 0.05) is 35.0 Å². The molecule has 1 aromatic carbocycles. The summed E-state index contributed by atoms with van der Waals surface area (Å²) in [4.78, 5) is 26.3. The largest absolute Gasteiger partial charge is 0.395 e. The minimum absolute atomic E-state index is 0.169. The molecule has 160 valence electrons. The van der Waals surface area contributed by atoms with E-state index >= 15 is 0 Å². The maximum atomic E-state index is 13.3. The summed E-state index contributed by atoms with van der Waals surface area (Å²) < 4.78 is 1.67. The zero-order chi connectivity index (χ0) is 22.7. The Morgan fingerprint density at radius 2 is 2.03 bits per heavy atom. The second-order valence-corrected chi connectivity index (χ2v) is 7.40. The molecule has 8 heteroatoms. The van der Waals surface area contributed by atoms with Gasteiger partial charge in [-0.25, -0.2) is 4.52 Å². The van der Waals surface area contributed by atoms with E-state index in [1.54, 1.807) is 70.4 Å². The molecule has 0 bridgehead atoms. The molecule has 4 rings (SSSR count). The standard InChI is InChI=1S/C24H21N5O3/c25-14-16-1-7-20(8-2-16)28(11-12-30)24(32)19-9-10-29-22(13-19)21(15-27-29)17-3-5-18(6-4-17)23(26)31/h1-7,9-10,13,15,20,30H,8,11-12H2,(H2,26,31). The van der Waals surface area contributed by atoms with Crippen molar-refractivity contribution in [2.75, 3.05) is 13.2 Å². The van der Waals surface area contributed by atoms with Crippen molar-refractivity contribution in [3.63, 3.8) is 0 Å². The van der Waals surface area contributed by atoms with Crippen LogP contribution in [-0.4, -0.2) is 50.6 Å². The number of carbonyl (C=O) groups is 2. The van der Waals surface area contributed by atoms with Crippen LogP contribution in [0.1, 0.15) is 27.1 Å². The predicted molar refractivity (Wildman–Crippen MR) is 119 cm³/mol. The molecular formula is C24H21N5O3. The predicted octanol–water partition coefficient (Wildman–Crippen LogP) is 2.31. The van der Waals surface area contributed by atoms with Gasteiger partial charge in [0.05, 0.1) is 30.4 Å². The lowest BCUT2D eigenvalue weighted by molar-refractivity contribution is 0.0673. The van der Waals surface area contributed by atoms with Gasteiger partial charge < -0.3 is 15.7 Å². The topological polar surface area (TPSA) is 125 Å². The van der Waals surface area contributed by atoms with E-state index in [0.717, 1.165) is 16.6 Å². The number of hydrogen-bond acceptors (Lipinski definition) is 5. The van der Waals surface area contributed by atoms with Gasteiger partial charge in [0.15, 0.2) is 0 Å². The highest BCUT2D eigenvalue weighted by molar-refractivity contribution is 5.97. The van der Waals surface area contributed by atoms with E-state index in [9.17, 15) is 14.7 Å². The first-order chi connectivity index (χ1) is 15.5. The quantitative estimate of drug-likeness (QED) is 0.625. The molecule has 3 N–H and O–H groups in total. The van der Waals surface area contributed by atoms with Gasteiger partial charge in [0.1, 0.15) is 0 Å². The summed E-state index contributed by atoms with van der Waals surface area (Å²) >= 11 is 0. The summed E-state index contributed by atoms with van der Waals surface area (Å²) in [5.74, 6) is -0.719. The molecule has 3 aromatic rings. The van der Waals surface area contributed by atoms with Gasteiger partial charge in [-0.15, -0.1) is 0 Å². The monoisotopic (exact) mass is 427 g/mol. The minimum Gasteiger partial charge on any atom is -0.395 e. The van der Waals surface area contributed by atoms with Crippen molar-refractivity contribution < 1.29 is 14.7 Å². The minimum atomic E-state index is -0.498. The van der Waals surface area contributed by atoms with Crippen molar-refractivity contribution in [2.45, 2.75) is 12.5 Å². The second kappa shape index (κ2) is 8.88. The van der Waals surface area contributed by atoms with E-state index in [1.807, 2.05) is 6.08 Å². The highest BCUT2D eigenvalue weighted by Crippen LogP contribution is 2.26. The third kappa shape index (κ3) is 4.02. The Kier molecular flexibility index (Phi) is 5.83. The zero-order valence-corrected chi connectivity index (χ0v) is 17.2. The molecule has 2 heterocycles. The molecule has 0 saturated heterocycles. The molecule has 0 saturated carbocycles. The normalized spacial score (nSPS) is 15.2. The number of primary amides is 1. The molecule has 1 atom stereocenters. The number of nitriles is 1. The van der Waals surface area contributed by atoms with Gasteiger partial charge in [-0.2, -0.15) is 10.4 Å². The fourth-order valence-corrected chi connectivity index (χ4v) is 3.76. The number of nitrogens with zero attached hydrogens (tertiary/aromatic N) is 4. The van der Waals surface area contributed by atoms with Crippen LogP contribution < -0.4 is 5.73 Å². The Labute approximate surface area is 184 Å². The van der Waals surface area contributed by atoms with Crippen LogP contribution >= 0.6 is 0 Å². The lowest BCUT2D eigenvalue weighted by Gasteiger charge is -2.30. The van der Waals surface area contributed by atoms with Crippen LogP contribution in [0, 0.1) is 11.3 Å². The average Bonchev–Trinajstić information content (AvgIpc) is 3.25. The molecule has 1 aliphatic rings. The lowest BCUT2D eigenvalue weighted by Crippen LogP contribution is -2.41. The van der Waals surface area contributed by atoms with Crippen LogP contribution in [0.2, 0.25) is 0 Å². The highest BCUT2D eigenvalue weighted by atomic mass is 16.3. The van der Waals surface area contributed by atoms with Crippen LogP contribution in [0.5, 0.6) is 0 Å². The molecular weight excluding hydrogens is 406 g/mol. The van der Waals surface area contributed by atoms with E-state index < -0.39 is 5.91 Å². The molecule has 2 aromatic heterocycles. The van der Waals surface area contributed by atoms with Crippen molar-refractivity contribution in [1.82, 2.24) is 14.5 Å². The Morgan fingerprint density at radius 3 is 2.66 bits per heavy atom. The van der Waals surface area contributed by atoms with Gasteiger partial charge in [-0.1, -0.05) is 24.3 Å². The first-order valence-corrected chi connectivity index (χ1v) is 10.1. The van der Waals surface area contributed by atoms with Crippen molar-refractivity contribution in [2.24, 2.45) is 5.73 Å². The maximum absolute atomic E-state index is 13.3. The number of aromatic nitrogens is 2. The van der Waals surface area contributed by atoms with Crippen molar-refractivity contribution in [3.05, 3.63) is 83.7 Å². The van der Waals surface area contributed by atoms with Gasteiger partial charge in [0.2, 0.25) is 5.91 Å². The van der Waals surface area contributed by atoms with Gasteiger partial charge in [-0.05, 0) is 42.3 Å². The second-order valence-electron chi connectivity index (χ2n) is 7.40. The molecule has 8 nitrogen and oxygen atoms in total. The number of aliphatic hydroxyl groups excluding tert-OH is 1. The van der Waals surface area contributed by atoms with Crippen LogP contribution in [0.25, 0.3) is 16.6 Å². The first kappa shape index (κ1) is 21.0. The molecule has 2 amide bonds. The van der Waals surface area contributed by atoms with Crippen LogP contribution in [0.3, 0.4) is 0 Å². The third-order valence-electron chi connectivity index (χ3n) is 5.46. The van der Waals surface area contributed by atoms with E-state index in [4.69, 9.17) is 11.0 Å². The van der Waals surface area contributed by atoms with Gasteiger partial charge >= 0.3 is 0 Å². The Morgan fingerprint density at radius 1 is 1.25 bits per heavy atom. The number of aliphatic hydroxyl groups is 1.